The van der Waals surface area contributed by atoms with Gasteiger partial charge in [-0.3, -0.25) is 20.1 Å². The predicted octanol–water partition coefficient (Wildman–Crippen LogP) is 4.41. The number of ether oxygens (including phenoxy) is 1. The minimum atomic E-state index is -0.408. The van der Waals surface area contributed by atoms with Gasteiger partial charge >= 0.3 is 0 Å². The lowest BCUT2D eigenvalue weighted by atomic mass is 10.1. The summed E-state index contributed by atoms with van der Waals surface area (Å²) in [5.41, 5.74) is 5.19. The fourth-order valence-corrected chi connectivity index (χ4v) is 4.23. The number of hydrogen-bond acceptors (Lipinski definition) is 8. The molecule has 5 aromatic heterocycles. The number of hydrogen-bond donors (Lipinski definition) is 3. The Balaban J connectivity index is 1.40. The van der Waals surface area contributed by atoms with Gasteiger partial charge in [-0.2, -0.15) is 5.10 Å². The minimum absolute atomic E-state index is 0.0535. The summed E-state index contributed by atoms with van der Waals surface area (Å²) in [7, 11) is 3.90. The maximum Gasteiger partial charge on any atom is 0.159 e. The van der Waals surface area contributed by atoms with Crippen molar-refractivity contribution in [2.24, 2.45) is 0 Å². The van der Waals surface area contributed by atoms with Crippen LogP contribution in [0, 0.1) is 5.82 Å². The molecule has 0 bridgehead atoms. The van der Waals surface area contributed by atoms with Gasteiger partial charge in [0.1, 0.15) is 29.6 Å². The van der Waals surface area contributed by atoms with Gasteiger partial charge in [0.25, 0.3) is 0 Å². The van der Waals surface area contributed by atoms with Crippen molar-refractivity contribution in [2.75, 3.05) is 27.2 Å². The van der Waals surface area contributed by atoms with Crippen molar-refractivity contribution in [3.8, 4) is 45.4 Å². The van der Waals surface area contributed by atoms with Crippen LogP contribution in [0.15, 0.2) is 61.3 Å². The Kier molecular flexibility index (Phi) is 5.89. The van der Waals surface area contributed by atoms with Gasteiger partial charge in [0.15, 0.2) is 5.82 Å². The van der Waals surface area contributed by atoms with Gasteiger partial charge in [0.2, 0.25) is 0 Å². The summed E-state index contributed by atoms with van der Waals surface area (Å²) < 4.78 is 20.3. The number of halogens is 1. The van der Waals surface area contributed by atoms with E-state index in [1.54, 1.807) is 36.9 Å². The van der Waals surface area contributed by atoms with Crippen molar-refractivity contribution in [2.45, 2.75) is 0 Å². The highest BCUT2D eigenvalue weighted by atomic mass is 19.1. The van der Waals surface area contributed by atoms with Gasteiger partial charge in [-0.15, -0.1) is 0 Å². The molecule has 0 aliphatic carbocycles. The average Bonchev–Trinajstić information content (AvgIpc) is 3.51. The Morgan fingerprint density at radius 2 is 1.82 bits per heavy atom. The molecule has 0 atom stereocenters. The summed E-state index contributed by atoms with van der Waals surface area (Å²) in [5.74, 6) is 0.604. The van der Waals surface area contributed by atoms with E-state index in [1.165, 1.54) is 18.3 Å². The van der Waals surface area contributed by atoms with Crippen molar-refractivity contribution in [3.05, 3.63) is 67.1 Å². The van der Waals surface area contributed by atoms with E-state index in [0.29, 0.717) is 63.8 Å². The van der Waals surface area contributed by atoms with Crippen molar-refractivity contribution in [1.82, 2.24) is 40.0 Å². The van der Waals surface area contributed by atoms with Crippen LogP contribution in [-0.4, -0.2) is 72.4 Å². The van der Waals surface area contributed by atoms with Gasteiger partial charge in [-0.25, -0.2) is 9.37 Å². The predicted molar refractivity (Wildman–Crippen MR) is 141 cm³/mol. The van der Waals surface area contributed by atoms with Crippen LogP contribution in [-0.2, 0) is 0 Å². The maximum absolute atomic E-state index is 14.5. The first-order valence-electron chi connectivity index (χ1n) is 11.9. The molecular weight excluding hydrogens is 487 g/mol. The van der Waals surface area contributed by atoms with Gasteiger partial charge in [0.05, 0.1) is 40.8 Å². The highest BCUT2D eigenvalue weighted by molar-refractivity contribution is 5.97. The standard InChI is InChI=1S/C27H23FN8O2/c1-36(2)3-4-38-19-7-15(5-17(28)8-19)21-12-30-13-24-25(21)33-27(32-24)26-20-9-22(31-14-23(20)34-35-26)16-6-18(37)11-29-10-16/h5-14,37H,3-4H2,1-2H3,(H,32,33)(H,34,35). The lowest BCUT2D eigenvalue weighted by molar-refractivity contribution is 0.260. The van der Waals surface area contributed by atoms with Crippen LogP contribution in [0.2, 0.25) is 0 Å². The summed E-state index contributed by atoms with van der Waals surface area (Å²) in [6, 6.07) is 8.05. The minimum Gasteiger partial charge on any atom is -0.506 e. The van der Waals surface area contributed by atoms with Crippen LogP contribution in [0.1, 0.15) is 0 Å². The van der Waals surface area contributed by atoms with Gasteiger partial charge in [-0.05, 0) is 43.9 Å². The van der Waals surface area contributed by atoms with Crippen LogP contribution in [0.25, 0.3) is 55.8 Å². The highest BCUT2D eigenvalue weighted by Gasteiger charge is 2.17. The van der Waals surface area contributed by atoms with Crippen LogP contribution in [0.5, 0.6) is 11.5 Å². The van der Waals surface area contributed by atoms with E-state index >= 15 is 0 Å². The molecule has 0 fully saturated rings. The molecule has 0 saturated heterocycles. The number of aromatic nitrogens is 7. The number of nitrogens with zero attached hydrogens (tertiary/aromatic N) is 6. The van der Waals surface area contributed by atoms with E-state index in [0.717, 1.165) is 10.9 Å². The number of pyridine rings is 3. The Morgan fingerprint density at radius 1 is 0.947 bits per heavy atom. The van der Waals surface area contributed by atoms with Crippen molar-refractivity contribution in [1.29, 1.82) is 0 Å². The third-order valence-corrected chi connectivity index (χ3v) is 6.07. The number of likely N-dealkylation sites (N-methyl/N-ethyl adjacent to an activating group) is 1. The molecule has 190 valence electrons. The number of fused-ring (bicyclic) bond motifs is 2. The molecule has 38 heavy (non-hydrogen) atoms. The van der Waals surface area contributed by atoms with E-state index in [2.05, 4.69) is 30.1 Å². The monoisotopic (exact) mass is 510 g/mol. The molecule has 1 aromatic carbocycles. The molecule has 0 radical (unpaired) electrons. The molecular formula is C27H23FN8O2. The van der Waals surface area contributed by atoms with Crippen LogP contribution in [0.4, 0.5) is 4.39 Å². The molecule has 0 spiro atoms. The second-order valence-electron chi connectivity index (χ2n) is 9.12. The molecule has 3 N–H and O–H groups in total. The normalized spacial score (nSPS) is 11.6. The topological polar surface area (TPSA) is 129 Å². The zero-order valence-corrected chi connectivity index (χ0v) is 20.6. The van der Waals surface area contributed by atoms with E-state index < -0.39 is 5.82 Å². The largest absolute Gasteiger partial charge is 0.506 e. The Morgan fingerprint density at radius 3 is 2.66 bits per heavy atom. The quantitative estimate of drug-likeness (QED) is 0.288. The molecule has 0 amide bonds. The number of H-pyrrole nitrogens is 2. The number of rotatable bonds is 7. The van der Waals surface area contributed by atoms with E-state index in [4.69, 9.17) is 9.72 Å². The lowest BCUT2D eigenvalue weighted by Crippen LogP contribution is -2.19. The molecule has 11 heteroatoms. The number of aromatic hydroxyl groups is 1. The van der Waals surface area contributed by atoms with E-state index in [1.807, 2.05) is 25.1 Å². The Bertz CT molecular complexity index is 1780. The smallest absolute Gasteiger partial charge is 0.159 e. The second-order valence-corrected chi connectivity index (χ2v) is 9.12. The molecule has 0 aliphatic heterocycles. The fourth-order valence-electron chi connectivity index (χ4n) is 4.23. The molecule has 5 heterocycles. The van der Waals surface area contributed by atoms with Crippen molar-refractivity contribution in [3.63, 3.8) is 0 Å². The first kappa shape index (κ1) is 23.5. The van der Waals surface area contributed by atoms with Crippen molar-refractivity contribution < 1.29 is 14.2 Å². The van der Waals surface area contributed by atoms with Crippen molar-refractivity contribution >= 4 is 21.9 Å². The van der Waals surface area contributed by atoms with E-state index in [9.17, 15) is 9.50 Å². The summed E-state index contributed by atoms with van der Waals surface area (Å²) >= 11 is 0. The fraction of sp³-hybridized carbons (Fsp3) is 0.148. The molecule has 0 unspecified atom stereocenters. The molecule has 0 saturated carbocycles. The summed E-state index contributed by atoms with van der Waals surface area (Å²) in [5, 5.41) is 18.1. The number of imidazole rings is 1. The summed E-state index contributed by atoms with van der Waals surface area (Å²) in [6.07, 6.45) is 7.99. The van der Waals surface area contributed by atoms with Crippen LogP contribution >= 0.6 is 0 Å². The molecule has 6 aromatic rings. The molecule has 6 rings (SSSR count). The molecule has 0 aliphatic rings. The number of nitrogens with one attached hydrogen (secondary N) is 2. The SMILES string of the molecule is CN(C)CCOc1cc(F)cc(-c2cncc3[nH]c(-c4n[nH]c5cnc(-c6cncc(O)c6)cc45)nc23)c1. The second kappa shape index (κ2) is 9.52. The first-order valence-corrected chi connectivity index (χ1v) is 11.9. The Hall–Kier alpha value is -4.90. The highest BCUT2D eigenvalue weighted by Crippen LogP contribution is 2.33. The number of benzene rings is 1. The lowest BCUT2D eigenvalue weighted by Gasteiger charge is -2.12. The van der Waals surface area contributed by atoms with Crippen LogP contribution in [0.3, 0.4) is 0 Å². The average molecular weight is 511 g/mol. The zero-order chi connectivity index (χ0) is 26.2. The summed E-state index contributed by atoms with van der Waals surface area (Å²) in [4.78, 5) is 22.9. The summed E-state index contributed by atoms with van der Waals surface area (Å²) in [6.45, 7) is 1.15. The third-order valence-electron chi connectivity index (χ3n) is 6.07. The molecule has 10 nitrogen and oxygen atoms in total. The first-order chi connectivity index (χ1) is 18.4. The Labute approximate surface area is 216 Å². The van der Waals surface area contributed by atoms with E-state index in [-0.39, 0.29) is 5.75 Å². The maximum atomic E-state index is 14.5. The number of aromatic amines is 2. The third kappa shape index (κ3) is 4.50. The van der Waals surface area contributed by atoms with Crippen LogP contribution < -0.4 is 4.74 Å². The van der Waals surface area contributed by atoms with Gasteiger partial charge in [-0.1, -0.05) is 0 Å². The van der Waals surface area contributed by atoms with Gasteiger partial charge < -0.3 is 19.7 Å². The van der Waals surface area contributed by atoms with Gasteiger partial charge in [0, 0.05) is 41.5 Å². The zero-order valence-electron chi connectivity index (χ0n) is 20.6.